The van der Waals surface area contributed by atoms with Crippen molar-refractivity contribution in [1.29, 1.82) is 0 Å². The first-order valence-electron chi connectivity index (χ1n) is 8.20. The quantitative estimate of drug-likeness (QED) is 0.841. The molecular weight excluding hydrogens is 316 g/mol. The number of ether oxygens (including phenoxy) is 1. The van der Waals surface area contributed by atoms with Gasteiger partial charge in [0.15, 0.2) is 0 Å². The standard InChI is InChI=1S/C18H21ClO4/c1-11(20)23-18(17(21)22)8-7-13-9-14(16(19)10-15(13)18)12-5-3-2-4-6-12/h9-10,12H,2-8H2,1H3,(H,21,22). The van der Waals surface area contributed by atoms with Crippen LogP contribution in [-0.4, -0.2) is 17.0 Å². The van der Waals surface area contributed by atoms with Crippen LogP contribution in [0.3, 0.4) is 0 Å². The second-order valence-electron chi connectivity index (χ2n) is 6.59. The Morgan fingerprint density at radius 3 is 2.57 bits per heavy atom. The second kappa shape index (κ2) is 6.16. The van der Waals surface area contributed by atoms with Gasteiger partial charge in [-0.2, -0.15) is 0 Å². The Balaban J connectivity index is 2.02. The van der Waals surface area contributed by atoms with Crippen molar-refractivity contribution in [3.63, 3.8) is 0 Å². The molecule has 1 unspecified atom stereocenters. The van der Waals surface area contributed by atoms with Crippen LogP contribution in [0, 0.1) is 0 Å². The molecule has 5 heteroatoms. The number of carbonyl (C=O) groups is 2. The van der Waals surface area contributed by atoms with E-state index in [9.17, 15) is 14.7 Å². The number of halogens is 1. The largest absolute Gasteiger partial charge is 0.478 e. The van der Waals surface area contributed by atoms with Crippen LogP contribution >= 0.6 is 11.6 Å². The summed E-state index contributed by atoms with van der Waals surface area (Å²) in [6.07, 6.45) is 6.81. The summed E-state index contributed by atoms with van der Waals surface area (Å²) in [5.74, 6) is -1.27. The Labute approximate surface area is 140 Å². The lowest BCUT2D eigenvalue weighted by Gasteiger charge is -2.27. The number of aryl methyl sites for hydroxylation is 1. The topological polar surface area (TPSA) is 63.6 Å². The number of carboxylic acid groups (broad SMARTS) is 1. The van der Waals surface area contributed by atoms with Gasteiger partial charge >= 0.3 is 11.9 Å². The fourth-order valence-electron chi connectivity index (χ4n) is 4.01. The van der Waals surface area contributed by atoms with E-state index in [4.69, 9.17) is 16.3 Å². The van der Waals surface area contributed by atoms with Gasteiger partial charge in [0.05, 0.1) is 0 Å². The fraction of sp³-hybridized carbons (Fsp3) is 0.556. The third kappa shape index (κ3) is 2.85. The molecule has 4 nitrogen and oxygen atoms in total. The molecule has 0 aromatic heterocycles. The summed E-state index contributed by atoms with van der Waals surface area (Å²) in [6, 6.07) is 3.76. The maximum atomic E-state index is 11.8. The molecule has 1 atom stereocenters. The highest BCUT2D eigenvalue weighted by molar-refractivity contribution is 6.31. The number of carbonyl (C=O) groups excluding carboxylic acids is 1. The van der Waals surface area contributed by atoms with Gasteiger partial charge in [-0.25, -0.2) is 4.79 Å². The molecule has 0 heterocycles. The Morgan fingerprint density at radius 2 is 1.96 bits per heavy atom. The van der Waals surface area contributed by atoms with Crippen LogP contribution in [0.15, 0.2) is 12.1 Å². The van der Waals surface area contributed by atoms with E-state index in [2.05, 4.69) is 0 Å². The predicted molar refractivity (Wildman–Crippen MR) is 86.7 cm³/mol. The molecule has 2 aliphatic carbocycles. The molecule has 0 amide bonds. The zero-order valence-electron chi connectivity index (χ0n) is 13.2. The molecule has 1 aromatic carbocycles. The average molecular weight is 337 g/mol. The number of hydrogen-bond donors (Lipinski definition) is 1. The molecule has 0 aliphatic heterocycles. The molecule has 1 aromatic rings. The van der Waals surface area contributed by atoms with Crippen LogP contribution in [0.4, 0.5) is 0 Å². The minimum Gasteiger partial charge on any atom is -0.478 e. The van der Waals surface area contributed by atoms with E-state index in [0.717, 1.165) is 24.0 Å². The summed E-state index contributed by atoms with van der Waals surface area (Å²) in [6.45, 7) is 1.24. The first kappa shape index (κ1) is 16.3. The highest BCUT2D eigenvalue weighted by Gasteiger charge is 2.49. The summed E-state index contributed by atoms with van der Waals surface area (Å²) in [7, 11) is 0. The monoisotopic (exact) mass is 336 g/mol. The normalized spacial score (nSPS) is 24.3. The number of hydrogen-bond acceptors (Lipinski definition) is 3. The van der Waals surface area contributed by atoms with E-state index < -0.39 is 17.5 Å². The van der Waals surface area contributed by atoms with Crippen molar-refractivity contribution in [3.8, 4) is 0 Å². The van der Waals surface area contributed by atoms with Crippen LogP contribution in [0.25, 0.3) is 0 Å². The molecule has 23 heavy (non-hydrogen) atoms. The Bertz CT molecular complexity index is 649. The summed E-state index contributed by atoms with van der Waals surface area (Å²) in [5, 5.41) is 10.2. The van der Waals surface area contributed by atoms with Crippen LogP contribution in [0.2, 0.25) is 5.02 Å². The molecule has 1 fully saturated rings. The van der Waals surface area contributed by atoms with Gasteiger partial charge in [0.25, 0.3) is 0 Å². The molecule has 0 radical (unpaired) electrons. The summed E-state index contributed by atoms with van der Waals surface area (Å²) in [4.78, 5) is 23.2. The van der Waals surface area contributed by atoms with Gasteiger partial charge in [-0.3, -0.25) is 4.79 Å². The Hall–Kier alpha value is -1.55. The van der Waals surface area contributed by atoms with Crippen LogP contribution in [0.1, 0.15) is 68.1 Å². The second-order valence-corrected chi connectivity index (χ2v) is 7.00. The van der Waals surface area contributed by atoms with Crippen LogP contribution in [0.5, 0.6) is 0 Å². The van der Waals surface area contributed by atoms with Gasteiger partial charge in [0.1, 0.15) is 0 Å². The van der Waals surface area contributed by atoms with Crippen molar-refractivity contribution in [2.24, 2.45) is 0 Å². The molecule has 2 aliphatic rings. The molecule has 1 N–H and O–H groups in total. The molecule has 0 saturated heterocycles. The number of fused-ring (bicyclic) bond motifs is 1. The molecule has 124 valence electrons. The highest BCUT2D eigenvalue weighted by atomic mass is 35.5. The fourth-order valence-corrected chi connectivity index (χ4v) is 4.33. The van der Waals surface area contributed by atoms with E-state index in [-0.39, 0.29) is 6.42 Å². The van der Waals surface area contributed by atoms with Crippen molar-refractivity contribution < 1.29 is 19.4 Å². The van der Waals surface area contributed by atoms with Crippen molar-refractivity contribution in [3.05, 3.63) is 33.8 Å². The maximum Gasteiger partial charge on any atom is 0.352 e. The Kier molecular flexibility index (Phi) is 4.37. The minimum atomic E-state index is -1.59. The van der Waals surface area contributed by atoms with Crippen molar-refractivity contribution >= 4 is 23.5 Å². The third-order valence-electron chi connectivity index (χ3n) is 5.11. The maximum absolute atomic E-state index is 11.8. The third-order valence-corrected chi connectivity index (χ3v) is 5.44. The van der Waals surface area contributed by atoms with Gasteiger partial charge in [-0.05, 0) is 42.4 Å². The van der Waals surface area contributed by atoms with E-state index >= 15 is 0 Å². The summed E-state index contributed by atoms with van der Waals surface area (Å²) < 4.78 is 5.23. The average Bonchev–Trinajstić information content (AvgIpc) is 2.86. The van der Waals surface area contributed by atoms with Crippen molar-refractivity contribution in [1.82, 2.24) is 0 Å². The first-order chi connectivity index (χ1) is 10.9. The molecule has 3 rings (SSSR count). The number of benzene rings is 1. The number of aliphatic carboxylic acids is 1. The number of rotatable bonds is 3. The smallest absolute Gasteiger partial charge is 0.352 e. The lowest BCUT2D eigenvalue weighted by molar-refractivity contribution is -0.178. The van der Waals surface area contributed by atoms with Crippen LogP contribution < -0.4 is 0 Å². The number of carboxylic acids is 1. The molecule has 0 spiro atoms. The zero-order chi connectivity index (χ0) is 16.6. The molecule has 1 saturated carbocycles. The van der Waals surface area contributed by atoms with Gasteiger partial charge in [0, 0.05) is 23.9 Å². The number of esters is 1. The summed E-state index contributed by atoms with van der Waals surface area (Å²) in [5.41, 5.74) is 1.01. The lowest BCUT2D eigenvalue weighted by Crippen LogP contribution is -2.38. The minimum absolute atomic E-state index is 0.266. The molecular formula is C18H21ClO4. The van der Waals surface area contributed by atoms with E-state index in [1.165, 1.54) is 26.2 Å². The van der Waals surface area contributed by atoms with Gasteiger partial charge in [-0.15, -0.1) is 0 Å². The predicted octanol–water partition coefficient (Wildman–Crippen LogP) is 4.18. The van der Waals surface area contributed by atoms with E-state index in [1.807, 2.05) is 6.07 Å². The van der Waals surface area contributed by atoms with Crippen LogP contribution in [-0.2, 0) is 26.3 Å². The van der Waals surface area contributed by atoms with Gasteiger partial charge < -0.3 is 9.84 Å². The van der Waals surface area contributed by atoms with Crippen molar-refractivity contribution in [2.45, 2.75) is 63.4 Å². The molecule has 0 bridgehead atoms. The SMILES string of the molecule is CC(=O)OC1(C(=O)O)CCc2cc(C3CCCCC3)c(Cl)cc21. The van der Waals surface area contributed by atoms with Gasteiger partial charge in [-0.1, -0.05) is 36.9 Å². The van der Waals surface area contributed by atoms with Crippen molar-refractivity contribution in [2.75, 3.05) is 0 Å². The summed E-state index contributed by atoms with van der Waals surface area (Å²) >= 11 is 6.48. The first-order valence-corrected chi connectivity index (χ1v) is 8.57. The Morgan fingerprint density at radius 1 is 1.26 bits per heavy atom. The van der Waals surface area contributed by atoms with E-state index in [0.29, 0.717) is 22.9 Å². The lowest BCUT2D eigenvalue weighted by atomic mass is 9.82. The van der Waals surface area contributed by atoms with Gasteiger partial charge in [0.2, 0.25) is 5.60 Å². The highest BCUT2D eigenvalue weighted by Crippen LogP contribution is 2.45. The zero-order valence-corrected chi connectivity index (χ0v) is 14.0. The van der Waals surface area contributed by atoms with E-state index in [1.54, 1.807) is 6.07 Å².